The number of likely N-dealkylation sites (tertiary alicyclic amines) is 2. The molecule has 1 amide bonds. The van der Waals surface area contributed by atoms with Gasteiger partial charge in [-0.2, -0.15) is 0 Å². The van der Waals surface area contributed by atoms with Crippen LogP contribution in [0.2, 0.25) is 0 Å². The van der Waals surface area contributed by atoms with E-state index in [0.717, 1.165) is 32.5 Å². The summed E-state index contributed by atoms with van der Waals surface area (Å²) in [7, 11) is 0. The first kappa shape index (κ1) is 13.3. The lowest BCUT2D eigenvalue weighted by Gasteiger charge is -2.32. The van der Waals surface area contributed by atoms with Crippen LogP contribution in [0.5, 0.6) is 0 Å². The van der Waals surface area contributed by atoms with E-state index in [1.807, 2.05) is 9.80 Å². The van der Waals surface area contributed by atoms with Crippen molar-refractivity contribution in [2.24, 2.45) is 5.92 Å². The van der Waals surface area contributed by atoms with Gasteiger partial charge in [-0.3, -0.25) is 14.5 Å². The summed E-state index contributed by atoms with van der Waals surface area (Å²) >= 11 is 0. The lowest BCUT2D eigenvalue weighted by molar-refractivity contribution is -0.143. The maximum atomic E-state index is 12.2. The molecule has 2 aliphatic rings. The van der Waals surface area contributed by atoms with E-state index in [0.29, 0.717) is 12.3 Å². The van der Waals surface area contributed by atoms with E-state index in [1.165, 1.54) is 6.42 Å². The predicted molar refractivity (Wildman–Crippen MR) is 67.2 cm³/mol. The molecule has 18 heavy (non-hydrogen) atoms. The Hall–Kier alpha value is -1.10. The van der Waals surface area contributed by atoms with Crippen LogP contribution in [-0.4, -0.2) is 59.0 Å². The molecule has 0 saturated carbocycles. The van der Waals surface area contributed by atoms with Crippen molar-refractivity contribution in [3.63, 3.8) is 0 Å². The fourth-order valence-electron chi connectivity index (χ4n) is 2.98. The molecule has 5 nitrogen and oxygen atoms in total. The molecule has 0 aromatic heterocycles. The average molecular weight is 254 g/mol. The fraction of sp³-hybridized carbons (Fsp3) is 0.846. The van der Waals surface area contributed by atoms with E-state index in [2.05, 4.69) is 6.92 Å². The van der Waals surface area contributed by atoms with Gasteiger partial charge in [0, 0.05) is 13.1 Å². The Labute approximate surface area is 108 Å². The topological polar surface area (TPSA) is 60.9 Å². The molecular weight excluding hydrogens is 232 g/mol. The third-order valence-corrected chi connectivity index (χ3v) is 4.00. The number of amides is 1. The first-order valence-electron chi connectivity index (χ1n) is 6.82. The van der Waals surface area contributed by atoms with E-state index >= 15 is 0 Å². The molecule has 2 fully saturated rings. The summed E-state index contributed by atoms with van der Waals surface area (Å²) in [4.78, 5) is 26.9. The van der Waals surface area contributed by atoms with E-state index in [-0.39, 0.29) is 12.5 Å². The molecule has 0 bridgehead atoms. The molecule has 1 N–H and O–H groups in total. The van der Waals surface area contributed by atoms with Crippen LogP contribution in [0.4, 0.5) is 0 Å². The zero-order chi connectivity index (χ0) is 13.1. The number of hydrogen-bond acceptors (Lipinski definition) is 3. The Morgan fingerprint density at radius 1 is 1.22 bits per heavy atom. The lowest BCUT2D eigenvalue weighted by atomic mass is 10.0. The number of aliphatic carboxylic acids is 1. The highest BCUT2D eigenvalue weighted by Crippen LogP contribution is 2.19. The fourth-order valence-corrected chi connectivity index (χ4v) is 2.98. The molecule has 5 heteroatoms. The Bertz CT molecular complexity index is 332. The zero-order valence-corrected chi connectivity index (χ0v) is 11.0. The van der Waals surface area contributed by atoms with E-state index in [1.54, 1.807) is 0 Å². The lowest BCUT2D eigenvalue weighted by Crippen LogP contribution is -2.47. The second-order valence-corrected chi connectivity index (χ2v) is 5.55. The second kappa shape index (κ2) is 5.69. The highest BCUT2D eigenvalue weighted by Gasteiger charge is 2.33. The number of carbonyl (C=O) groups excluding carboxylic acids is 1. The van der Waals surface area contributed by atoms with Crippen molar-refractivity contribution in [1.82, 2.24) is 9.80 Å². The van der Waals surface area contributed by atoms with Gasteiger partial charge in [-0.05, 0) is 38.1 Å². The van der Waals surface area contributed by atoms with Crippen LogP contribution in [-0.2, 0) is 9.59 Å². The molecule has 2 saturated heterocycles. The van der Waals surface area contributed by atoms with Crippen molar-refractivity contribution in [3.05, 3.63) is 0 Å². The van der Waals surface area contributed by atoms with Gasteiger partial charge in [-0.15, -0.1) is 0 Å². The van der Waals surface area contributed by atoms with Crippen LogP contribution in [0.15, 0.2) is 0 Å². The molecule has 2 rings (SSSR count). The summed E-state index contributed by atoms with van der Waals surface area (Å²) in [5.41, 5.74) is 0. The summed E-state index contributed by atoms with van der Waals surface area (Å²) in [5, 5.41) is 9.08. The third kappa shape index (κ3) is 3.02. The molecule has 2 heterocycles. The zero-order valence-electron chi connectivity index (χ0n) is 11.0. The molecule has 0 aliphatic carbocycles. The van der Waals surface area contributed by atoms with Gasteiger partial charge in [0.1, 0.15) is 6.04 Å². The minimum atomic E-state index is -0.799. The van der Waals surface area contributed by atoms with Gasteiger partial charge in [0.25, 0.3) is 0 Å². The molecular formula is C13H22N2O3. The maximum Gasteiger partial charge on any atom is 0.320 e. The minimum absolute atomic E-state index is 0.0923. The van der Waals surface area contributed by atoms with Crippen LogP contribution in [0.25, 0.3) is 0 Å². The Morgan fingerprint density at radius 3 is 2.61 bits per heavy atom. The smallest absolute Gasteiger partial charge is 0.320 e. The molecule has 0 radical (unpaired) electrons. The van der Waals surface area contributed by atoms with Gasteiger partial charge in [-0.1, -0.05) is 6.92 Å². The van der Waals surface area contributed by atoms with Crippen LogP contribution >= 0.6 is 0 Å². The molecule has 102 valence electrons. The SMILES string of the molecule is CC1CCCN(C(=O)CN2CCCC2C(=O)O)C1. The second-order valence-electron chi connectivity index (χ2n) is 5.55. The summed E-state index contributed by atoms with van der Waals surface area (Å²) in [6, 6.07) is -0.462. The van der Waals surface area contributed by atoms with Crippen molar-refractivity contribution in [1.29, 1.82) is 0 Å². The molecule has 2 aliphatic heterocycles. The Kier molecular flexibility index (Phi) is 4.22. The Balaban J connectivity index is 1.88. The molecule has 0 aromatic rings. The largest absolute Gasteiger partial charge is 0.480 e. The van der Waals surface area contributed by atoms with Gasteiger partial charge in [0.2, 0.25) is 5.91 Å². The Morgan fingerprint density at radius 2 is 1.94 bits per heavy atom. The number of nitrogens with zero attached hydrogens (tertiary/aromatic N) is 2. The number of rotatable bonds is 3. The highest BCUT2D eigenvalue weighted by atomic mass is 16.4. The average Bonchev–Trinajstić information content (AvgIpc) is 2.77. The van der Waals surface area contributed by atoms with E-state index < -0.39 is 12.0 Å². The molecule has 0 aromatic carbocycles. The maximum absolute atomic E-state index is 12.2. The molecule has 2 atom stereocenters. The van der Waals surface area contributed by atoms with Crippen molar-refractivity contribution < 1.29 is 14.7 Å². The predicted octanol–water partition coefficient (Wildman–Crippen LogP) is 0.794. The summed E-state index contributed by atoms with van der Waals surface area (Å²) in [6.07, 6.45) is 3.79. The van der Waals surface area contributed by atoms with Gasteiger partial charge < -0.3 is 10.0 Å². The van der Waals surface area contributed by atoms with Crippen molar-refractivity contribution in [2.75, 3.05) is 26.2 Å². The molecule has 2 unspecified atom stereocenters. The van der Waals surface area contributed by atoms with E-state index in [9.17, 15) is 9.59 Å². The van der Waals surface area contributed by atoms with Crippen molar-refractivity contribution in [2.45, 2.75) is 38.6 Å². The van der Waals surface area contributed by atoms with Gasteiger partial charge in [0.15, 0.2) is 0 Å². The standard InChI is InChI=1S/C13H22N2O3/c1-10-4-2-7-15(8-10)12(16)9-14-6-3-5-11(14)13(17)18/h10-11H,2-9H2,1H3,(H,17,18). The van der Waals surface area contributed by atoms with E-state index in [4.69, 9.17) is 5.11 Å². The third-order valence-electron chi connectivity index (χ3n) is 4.00. The van der Waals surface area contributed by atoms with Crippen LogP contribution in [0.3, 0.4) is 0 Å². The number of hydrogen-bond donors (Lipinski definition) is 1. The summed E-state index contributed by atoms with van der Waals surface area (Å²) < 4.78 is 0. The highest BCUT2D eigenvalue weighted by molar-refractivity contribution is 5.80. The number of carboxylic acid groups (broad SMARTS) is 1. The summed E-state index contributed by atoms with van der Waals surface area (Å²) in [6.45, 7) is 4.81. The quantitative estimate of drug-likeness (QED) is 0.809. The molecule has 0 spiro atoms. The first-order valence-corrected chi connectivity index (χ1v) is 6.82. The van der Waals surface area contributed by atoms with Gasteiger partial charge >= 0.3 is 5.97 Å². The summed E-state index contributed by atoms with van der Waals surface area (Å²) in [5.74, 6) is -0.140. The van der Waals surface area contributed by atoms with Crippen molar-refractivity contribution >= 4 is 11.9 Å². The van der Waals surface area contributed by atoms with Crippen LogP contribution < -0.4 is 0 Å². The number of carbonyl (C=O) groups is 2. The minimum Gasteiger partial charge on any atom is -0.480 e. The van der Waals surface area contributed by atoms with Crippen molar-refractivity contribution in [3.8, 4) is 0 Å². The number of piperidine rings is 1. The van der Waals surface area contributed by atoms with Gasteiger partial charge in [0.05, 0.1) is 6.54 Å². The first-order chi connectivity index (χ1) is 8.58. The van der Waals surface area contributed by atoms with Crippen LogP contribution in [0, 0.1) is 5.92 Å². The monoisotopic (exact) mass is 254 g/mol. The number of carboxylic acids is 1. The van der Waals surface area contributed by atoms with Gasteiger partial charge in [-0.25, -0.2) is 0 Å². The van der Waals surface area contributed by atoms with Crippen LogP contribution in [0.1, 0.15) is 32.6 Å². The normalized spacial score (nSPS) is 29.5.